The van der Waals surface area contributed by atoms with Gasteiger partial charge in [-0.15, -0.1) is 11.8 Å². The Balaban J connectivity index is 1.85. The van der Waals surface area contributed by atoms with Crippen LogP contribution in [0.25, 0.3) is 0 Å². The highest BCUT2D eigenvalue weighted by atomic mass is 35.5. The van der Waals surface area contributed by atoms with Crippen LogP contribution in [-0.4, -0.2) is 14.3 Å². The molecule has 0 saturated carbocycles. The van der Waals surface area contributed by atoms with Gasteiger partial charge in [0, 0.05) is 33.6 Å². The molecule has 3 aromatic rings. The van der Waals surface area contributed by atoms with Crippen molar-refractivity contribution in [3.8, 4) is 0 Å². The van der Waals surface area contributed by atoms with Crippen LogP contribution in [0.4, 0.5) is 0 Å². The van der Waals surface area contributed by atoms with E-state index in [9.17, 15) is 0 Å². The van der Waals surface area contributed by atoms with Crippen LogP contribution in [0.3, 0.4) is 0 Å². The minimum Gasteiger partial charge on any atom is -0.336 e. The molecule has 0 saturated heterocycles. The molecule has 1 heterocycles. The molecule has 1 aromatic heterocycles. The van der Waals surface area contributed by atoms with Crippen LogP contribution in [0.5, 0.6) is 0 Å². The molecule has 0 amide bonds. The Kier molecular flexibility index (Phi) is 6.33. The molecule has 142 valence electrons. The molecule has 1 atom stereocenters. The molecular formula is C23H27ClN2S. The van der Waals surface area contributed by atoms with E-state index >= 15 is 0 Å². The zero-order valence-corrected chi connectivity index (χ0v) is 18.1. The Bertz CT molecular complexity index is 887. The average Bonchev–Trinajstić information content (AvgIpc) is 3.14. The molecule has 2 nitrogen and oxygen atoms in total. The zero-order chi connectivity index (χ0) is 19.4. The third kappa shape index (κ3) is 5.18. The van der Waals surface area contributed by atoms with Gasteiger partial charge in [-0.2, -0.15) is 0 Å². The summed E-state index contributed by atoms with van der Waals surface area (Å²) in [6, 6.07) is 12.7. The summed E-state index contributed by atoms with van der Waals surface area (Å²) < 4.78 is 2.25. The van der Waals surface area contributed by atoms with Crippen LogP contribution < -0.4 is 0 Å². The molecular weight excluding hydrogens is 372 g/mol. The molecule has 0 bridgehead atoms. The molecule has 0 N–H and O–H groups in total. The Morgan fingerprint density at radius 2 is 1.74 bits per heavy atom. The van der Waals surface area contributed by atoms with Gasteiger partial charge >= 0.3 is 0 Å². The van der Waals surface area contributed by atoms with Crippen molar-refractivity contribution in [2.24, 2.45) is 0 Å². The van der Waals surface area contributed by atoms with Gasteiger partial charge in [-0.3, -0.25) is 0 Å². The number of halogens is 1. The smallest absolute Gasteiger partial charge is 0.0946 e. The van der Waals surface area contributed by atoms with Crippen LogP contribution in [0.1, 0.15) is 35.6 Å². The molecule has 1 unspecified atom stereocenters. The second-order valence-electron chi connectivity index (χ2n) is 7.57. The zero-order valence-electron chi connectivity index (χ0n) is 16.5. The first kappa shape index (κ1) is 20.0. The number of imidazole rings is 1. The number of hydrogen-bond acceptors (Lipinski definition) is 2. The van der Waals surface area contributed by atoms with E-state index in [4.69, 9.17) is 11.6 Å². The summed E-state index contributed by atoms with van der Waals surface area (Å²) in [5.41, 5.74) is 5.43. The Morgan fingerprint density at radius 3 is 2.41 bits per heavy atom. The minimum absolute atomic E-state index is 0.0592. The molecule has 3 rings (SSSR count). The lowest BCUT2D eigenvalue weighted by molar-refractivity contribution is 0.495. The second-order valence-corrected chi connectivity index (χ2v) is 9.60. The Labute approximate surface area is 172 Å². The summed E-state index contributed by atoms with van der Waals surface area (Å²) in [7, 11) is 0. The summed E-state index contributed by atoms with van der Waals surface area (Å²) in [5, 5.41) is 0.792. The maximum Gasteiger partial charge on any atom is 0.0946 e. The van der Waals surface area contributed by atoms with Crippen molar-refractivity contribution in [2.75, 3.05) is 0 Å². The van der Waals surface area contributed by atoms with Crippen molar-refractivity contribution >= 4 is 23.4 Å². The molecule has 0 spiro atoms. The van der Waals surface area contributed by atoms with Crippen molar-refractivity contribution in [1.82, 2.24) is 9.55 Å². The predicted molar refractivity (Wildman–Crippen MR) is 117 cm³/mol. The van der Waals surface area contributed by atoms with Crippen LogP contribution in [0.2, 0.25) is 5.02 Å². The van der Waals surface area contributed by atoms with E-state index in [-0.39, 0.29) is 4.75 Å². The van der Waals surface area contributed by atoms with Gasteiger partial charge in [0.15, 0.2) is 0 Å². The largest absolute Gasteiger partial charge is 0.336 e. The normalized spacial score (nSPS) is 13.5. The summed E-state index contributed by atoms with van der Waals surface area (Å²) in [5.74, 6) is 0. The molecule has 0 fully saturated rings. The van der Waals surface area contributed by atoms with Gasteiger partial charge in [-0.1, -0.05) is 35.9 Å². The number of rotatable bonds is 7. The summed E-state index contributed by atoms with van der Waals surface area (Å²) >= 11 is 8.04. The van der Waals surface area contributed by atoms with E-state index in [1.54, 1.807) is 0 Å². The molecule has 0 aliphatic heterocycles. The highest BCUT2D eigenvalue weighted by Gasteiger charge is 2.28. The lowest BCUT2D eigenvalue weighted by Gasteiger charge is -2.31. The van der Waals surface area contributed by atoms with Crippen molar-refractivity contribution in [1.29, 1.82) is 0 Å². The van der Waals surface area contributed by atoms with Gasteiger partial charge in [0.2, 0.25) is 0 Å². The highest BCUT2D eigenvalue weighted by molar-refractivity contribution is 8.00. The molecule has 27 heavy (non-hydrogen) atoms. The maximum atomic E-state index is 6.04. The van der Waals surface area contributed by atoms with Crippen LogP contribution >= 0.6 is 23.4 Å². The SMILES string of the molecule is Cc1ccc(C)c(SC(C)(CCc2ccc(Cl)cc2)Cn2ccnc2)c1C. The standard InChI is InChI=1S/C23H27ClN2S/c1-17-5-6-18(2)22(19(17)3)27-23(4,15-26-14-13-25-16-26)12-11-20-7-9-21(24)10-8-20/h5-10,13-14,16H,11-12,15H2,1-4H3. The van der Waals surface area contributed by atoms with Crippen molar-refractivity contribution in [2.45, 2.75) is 56.7 Å². The third-order valence-corrected chi connectivity index (χ3v) is 7.06. The fourth-order valence-electron chi connectivity index (χ4n) is 3.32. The topological polar surface area (TPSA) is 17.8 Å². The maximum absolute atomic E-state index is 6.04. The van der Waals surface area contributed by atoms with Gasteiger partial charge in [0.1, 0.15) is 0 Å². The van der Waals surface area contributed by atoms with Crippen molar-refractivity contribution < 1.29 is 0 Å². The van der Waals surface area contributed by atoms with E-state index in [1.807, 2.05) is 36.4 Å². The number of aromatic nitrogens is 2. The van der Waals surface area contributed by atoms with Crippen LogP contribution in [0, 0.1) is 20.8 Å². The summed E-state index contributed by atoms with van der Waals surface area (Å²) in [6.45, 7) is 9.94. The monoisotopic (exact) mass is 398 g/mol. The highest BCUT2D eigenvalue weighted by Crippen LogP contribution is 2.41. The summed E-state index contributed by atoms with van der Waals surface area (Å²) in [6.07, 6.45) is 7.92. The first-order valence-electron chi connectivity index (χ1n) is 9.32. The molecule has 4 heteroatoms. The Morgan fingerprint density at radius 1 is 1.04 bits per heavy atom. The van der Waals surface area contributed by atoms with Crippen molar-refractivity contribution in [3.63, 3.8) is 0 Å². The second kappa shape index (κ2) is 8.53. The van der Waals surface area contributed by atoms with E-state index in [1.165, 1.54) is 27.1 Å². The van der Waals surface area contributed by atoms with Gasteiger partial charge in [-0.25, -0.2) is 4.98 Å². The van der Waals surface area contributed by atoms with E-state index < -0.39 is 0 Å². The number of benzene rings is 2. The van der Waals surface area contributed by atoms with E-state index in [2.05, 4.69) is 67.7 Å². The molecule has 0 radical (unpaired) electrons. The summed E-state index contributed by atoms with van der Waals surface area (Å²) in [4.78, 5) is 5.64. The fourth-order valence-corrected chi connectivity index (χ4v) is 4.90. The van der Waals surface area contributed by atoms with Crippen LogP contribution in [0.15, 0.2) is 60.0 Å². The van der Waals surface area contributed by atoms with Crippen LogP contribution in [-0.2, 0) is 13.0 Å². The molecule has 0 aliphatic rings. The van der Waals surface area contributed by atoms with E-state index in [0.717, 1.165) is 24.4 Å². The predicted octanol–water partition coefficient (Wildman–Crippen LogP) is 6.65. The molecule has 2 aromatic carbocycles. The van der Waals surface area contributed by atoms with Crippen molar-refractivity contribution in [3.05, 3.63) is 82.4 Å². The van der Waals surface area contributed by atoms with Gasteiger partial charge in [0.05, 0.1) is 6.33 Å². The molecule has 0 aliphatic carbocycles. The first-order chi connectivity index (χ1) is 12.9. The van der Waals surface area contributed by atoms with Gasteiger partial charge in [0.25, 0.3) is 0 Å². The fraction of sp³-hybridized carbons (Fsp3) is 0.348. The number of nitrogens with zero attached hydrogens (tertiary/aromatic N) is 2. The van der Waals surface area contributed by atoms with E-state index in [0.29, 0.717) is 0 Å². The van der Waals surface area contributed by atoms with Gasteiger partial charge < -0.3 is 4.57 Å². The average molecular weight is 399 g/mol. The lowest BCUT2D eigenvalue weighted by Crippen LogP contribution is -2.27. The number of hydrogen-bond donors (Lipinski definition) is 0. The number of thioether (sulfide) groups is 1. The third-order valence-electron chi connectivity index (χ3n) is 5.15. The Hall–Kier alpha value is -1.71. The lowest BCUT2D eigenvalue weighted by atomic mass is 10.00. The quantitative estimate of drug-likeness (QED) is 0.415. The number of aryl methyl sites for hydroxylation is 3. The first-order valence-corrected chi connectivity index (χ1v) is 10.5. The minimum atomic E-state index is 0.0592. The van der Waals surface area contributed by atoms with Gasteiger partial charge in [-0.05, 0) is 74.9 Å².